The largest absolute Gasteiger partial charge is 0.507 e. The number of anilines is 1. The second-order valence-corrected chi connectivity index (χ2v) is 6.11. The van der Waals surface area contributed by atoms with Gasteiger partial charge in [0, 0.05) is 36.6 Å². The van der Waals surface area contributed by atoms with Crippen LogP contribution in [0.25, 0.3) is 0 Å². The summed E-state index contributed by atoms with van der Waals surface area (Å²) in [6.07, 6.45) is 1.55. The Bertz CT molecular complexity index is 728. The van der Waals surface area contributed by atoms with Crippen LogP contribution in [0.3, 0.4) is 0 Å². The van der Waals surface area contributed by atoms with Gasteiger partial charge in [-0.05, 0) is 38.1 Å². The lowest BCUT2D eigenvalue weighted by atomic mass is 10.2. The number of benzene rings is 2. The third-order valence-electron chi connectivity index (χ3n) is 3.48. The van der Waals surface area contributed by atoms with E-state index in [0.717, 1.165) is 18.8 Å². The molecule has 0 heterocycles. The molecule has 0 saturated heterocycles. The second kappa shape index (κ2) is 7.91. The van der Waals surface area contributed by atoms with Crippen molar-refractivity contribution in [2.45, 2.75) is 13.8 Å². The van der Waals surface area contributed by atoms with E-state index in [0.29, 0.717) is 26.3 Å². The van der Waals surface area contributed by atoms with Gasteiger partial charge in [-0.3, -0.25) is 4.99 Å². The molecule has 0 aliphatic heterocycles. The number of halogens is 3. The molecule has 0 bridgehead atoms. The van der Waals surface area contributed by atoms with Crippen LogP contribution >= 0.6 is 34.8 Å². The van der Waals surface area contributed by atoms with Crippen molar-refractivity contribution in [1.29, 1.82) is 0 Å². The van der Waals surface area contributed by atoms with E-state index in [2.05, 4.69) is 23.7 Å². The SMILES string of the molecule is CCN(CC)c1ccc(C=Nc2cc(Cl)c(Cl)cc2Cl)c(O)c1. The molecule has 0 aromatic heterocycles. The van der Waals surface area contributed by atoms with Crippen LogP contribution in [-0.2, 0) is 0 Å². The lowest BCUT2D eigenvalue weighted by molar-refractivity contribution is 0.474. The number of aliphatic imine (C=N–C) groups is 1. The van der Waals surface area contributed by atoms with Crippen molar-refractivity contribution in [3.05, 3.63) is 51.0 Å². The molecule has 0 unspecified atom stereocenters. The average Bonchev–Trinajstić information content (AvgIpc) is 2.52. The molecule has 0 aliphatic rings. The van der Waals surface area contributed by atoms with Crippen molar-refractivity contribution in [2.75, 3.05) is 18.0 Å². The molecular weight excluding hydrogens is 355 g/mol. The first-order valence-electron chi connectivity index (χ1n) is 7.22. The smallest absolute Gasteiger partial charge is 0.126 e. The first-order valence-corrected chi connectivity index (χ1v) is 8.36. The summed E-state index contributed by atoms with van der Waals surface area (Å²) >= 11 is 17.9. The van der Waals surface area contributed by atoms with E-state index in [-0.39, 0.29) is 5.75 Å². The number of rotatable bonds is 5. The van der Waals surface area contributed by atoms with Crippen molar-refractivity contribution in [1.82, 2.24) is 0 Å². The lowest BCUT2D eigenvalue weighted by Gasteiger charge is -2.21. The van der Waals surface area contributed by atoms with Crippen molar-refractivity contribution in [2.24, 2.45) is 4.99 Å². The molecule has 3 nitrogen and oxygen atoms in total. The third kappa shape index (κ3) is 4.31. The van der Waals surface area contributed by atoms with Gasteiger partial charge in [0.2, 0.25) is 0 Å². The fourth-order valence-electron chi connectivity index (χ4n) is 2.18. The molecule has 122 valence electrons. The fourth-order valence-corrected chi connectivity index (χ4v) is 2.77. The third-order valence-corrected chi connectivity index (χ3v) is 4.50. The molecule has 2 aromatic rings. The second-order valence-electron chi connectivity index (χ2n) is 4.89. The molecule has 0 spiro atoms. The van der Waals surface area contributed by atoms with E-state index in [1.807, 2.05) is 12.1 Å². The first kappa shape index (κ1) is 17.9. The van der Waals surface area contributed by atoms with Gasteiger partial charge in [0.1, 0.15) is 5.75 Å². The standard InChI is InChI=1S/C17H17Cl3N2O/c1-3-22(4-2)12-6-5-11(17(23)7-12)10-21-16-9-14(19)13(18)8-15(16)20/h5-10,23H,3-4H2,1-2H3. The Labute approximate surface area is 151 Å². The van der Waals surface area contributed by atoms with Gasteiger partial charge in [-0.2, -0.15) is 0 Å². The topological polar surface area (TPSA) is 35.8 Å². The van der Waals surface area contributed by atoms with E-state index in [9.17, 15) is 5.11 Å². The summed E-state index contributed by atoms with van der Waals surface area (Å²) < 4.78 is 0. The maximum Gasteiger partial charge on any atom is 0.126 e. The van der Waals surface area contributed by atoms with Gasteiger partial charge in [-0.1, -0.05) is 34.8 Å². The summed E-state index contributed by atoms with van der Waals surface area (Å²) in [5.41, 5.74) is 2.06. The van der Waals surface area contributed by atoms with Gasteiger partial charge in [-0.25, -0.2) is 0 Å². The molecule has 2 rings (SSSR count). The van der Waals surface area contributed by atoms with Crippen LogP contribution in [0, 0.1) is 0 Å². The predicted octanol–water partition coefficient (Wildman–Crippen LogP) is 5.95. The minimum Gasteiger partial charge on any atom is -0.507 e. The number of hydrogen-bond donors (Lipinski definition) is 1. The average molecular weight is 372 g/mol. The number of phenolic OH excluding ortho intramolecular Hbond substituents is 1. The molecule has 0 radical (unpaired) electrons. The van der Waals surface area contributed by atoms with Gasteiger partial charge in [0.05, 0.1) is 20.8 Å². The molecule has 0 aliphatic carbocycles. The van der Waals surface area contributed by atoms with Crippen LogP contribution < -0.4 is 4.90 Å². The van der Waals surface area contributed by atoms with Crippen LogP contribution in [0.15, 0.2) is 35.3 Å². The van der Waals surface area contributed by atoms with E-state index < -0.39 is 0 Å². The van der Waals surface area contributed by atoms with Crippen LogP contribution in [0.1, 0.15) is 19.4 Å². The molecule has 1 N–H and O–H groups in total. The zero-order valence-corrected chi connectivity index (χ0v) is 15.1. The Balaban J connectivity index is 2.28. The Hall–Kier alpha value is -1.42. The lowest BCUT2D eigenvalue weighted by Crippen LogP contribution is -2.21. The molecule has 6 heteroatoms. The van der Waals surface area contributed by atoms with E-state index in [4.69, 9.17) is 34.8 Å². The summed E-state index contributed by atoms with van der Waals surface area (Å²) in [5.74, 6) is 0.161. The van der Waals surface area contributed by atoms with Gasteiger partial charge < -0.3 is 10.0 Å². The van der Waals surface area contributed by atoms with Crippen molar-refractivity contribution >= 4 is 52.4 Å². The zero-order valence-electron chi connectivity index (χ0n) is 12.9. The van der Waals surface area contributed by atoms with Crippen molar-refractivity contribution in [3.63, 3.8) is 0 Å². The molecule has 0 atom stereocenters. The van der Waals surface area contributed by atoms with Gasteiger partial charge in [-0.15, -0.1) is 0 Å². The Morgan fingerprint density at radius 3 is 2.26 bits per heavy atom. The van der Waals surface area contributed by atoms with Crippen LogP contribution in [0.4, 0.5) is 11.4 Å². The number of aromatic hydroxyl groups is 1. The summed E-state index contributed by atoms with van der Waals surface area (Å²) in [7, 11) is 0. The zero-order chi connectivity index (χ0) is 17.0. The monoisotopic (exact) mass is 370 g/mol. The molecule has 23 heavy (non-hydrogen) atoms. The normalized spacial score (nSPS) is 11.2. The quantitative estimate of drug-likeness (QED) is 0.521. The summed E-state index contributed by atoms with van der Waals surface area (Å²) in [4.78, 5) is 6.43. The van der Waals surface area contributed by atoms with Crippen molar-refractivity contribution < 1.29 is 5.11 Å². The van der Waals surface area contributed by atoms with Gasteiger partial charge in [0.25, 0.3) is 0 Å². The Morgan fingerprint density at radius 1 is 1.00 bits per heavy atom. The van der Waals surface area contributed by atoms with E-state index in [1.54, 1.807) is 24.4 Å². The molecule has 0 amide bonds. The highest BCUT2D eigenvalue weighted by atomic mass is 35.5. The molecule has 2 aromatic carbocycles. The predicted molar refractivity (Wildman–Crippen MR) is 100 cm³/mol. The highest BCUT2D eigenvalue weighted by Crippen LogP contribution is 2.34. The van der Waals surface area contributed by atoms with Crippen molar-refractivity contribution in [3.8, 4) is 5.75 Å². The Kier molecular flexibility index (Phi) is 6.17. The summed E-state index contributed by atoms with van der Waals surface area (Å²) in [5, 5.41) is 11.3. The highest BCUT2D eigenvalue weighted by molar-refractivity contribution is 6.44. The number of hydrogen-bond acceptors (Lipinski definition) is 3. The van der Waals surface area contributed by atoms with Gasteiger partial charge >= 0.3 is 0 Å². The maximum absolute atomic E-state index is 10.2. The minimum atomic E-state index is 0.161. The molecule has 0 saturated carbocycles. The van der Waals surface area contributed by atoms with E-state index >= 15 is 0 Å². The highest BCUT2D eigenvalue weighted by Gasteiger charge is 2.07. The van der Waals surface area contributed by atoms with Crippen LogP contribution in [0.5, 0.6) is 5.75 Å². The van der Waals surface area contributed by atoms with E-state index in [1.165, 1.54) is 0 Å². The first-order chi connectivity index (χ1) is 11.0. The summed E-state index contributed by atoms with van der Waals surface area (Å²) in [6, 6.07) is 8.62. The minimum absolute atomic E-state index is 0.161. The molecular formula is C17H17Cl3N2O. The maximum atomic E-state index is 10.2. The fraction of sp³-hybridized carbons (Fsp3) is 0.235. The Morgan fingerprint density at radius 2 is 1.65 bits per heavy atom. The van der Waals surface area contributed by atoms with Gasteiger partial charge in [0.15, 0.2) is 0 Å². The number of phenols is 1. The van der Waals surface area contributed by atoms with Crippen LogP contribution in [-0.4, -0.2) is 24.4 Å². The summed E-state index contributed by atoms with van der Waals surface area (Å²) in [6.45, 7) is 5.90. The number of nitrogens with zero attached hydrogens (tertiary/aromatic N) is 2. The molecule has 0 fully saturated rings. The van der Waals surface area contributed by atoms with Crippen LogP contribution in [0.2, 0.25) is 15.1 Å².